The monoisotopic (exact) mass is 442 g/mol. The summed E-state index contributed by atoms with van der Waals surface area (Å²) in [6.45, 7) is 6.82. The maximum atomic E-state index is 6.21. The van der Waals surface area contributed by atoms with Gasteiger partial charge in [0.25, 0.3) is 0 Å². The van der Waals surface area contributed by atoms with Crippen LogP contribution < -0.4 is 15.4 Å². The fraction of sp³-hybridized carbons (Fsp3) is 0.346. The number of benzene rings is 2. The van der Waals surface area contributed by atoms with Crippen molar-refractivity contribution < 1.29 is 4.74 Å². The molecule has 1 fully saturated rings. The van der Waals surface area contributed by atoms with Gasteiger partial charge in [0, 0.05) is 12.1 Å². The summed E-state index contributed by atoms with van der Waals surface area (Å²) in [7, 11) is 0. The number of ether oxygens (including phenoxy) is 1. The van der Waals surface area contributed by atoms with Gasteiger partial charge in [-0.2, -0.15) is 19.6 Å². The van der Waals surface area contributed by atoms with Gasteiger partial charge >= 0.3 is 6.01 Å². The highest BCUT2D eigenvalue weighted by atomic mass is 16.5. The zero-order valence-corrected chi connectivity index (χ0v) is 19.2. The first-order valence-electron chi connectivity index (χ1n) is 11.7. The number of nitrogens with zero attached hydrogens (tertiary/aromatic N) is 4. The average molecular weight is 443 g/mol. The molecule has 2 N–H and O–H groups in total. The summed E-state index contributed by atoms with van der Waals surface area (Å²) >= 11 is 0. The molecule has 7 heteroatoms. The Balaban J connectivity index is 1.46. The van der Waals surface area contributed by atoms with Gasteiger partial charge in [0.1, 0.15) is 6.10 Å². The van der Waals surface area contributed by atoms with Crippen molar-refractivity contribution in [1.29, 1.82) is 0 Å². The van der Waals surface area contributed by atoms with Gasteiger partial charge in [0.05, 0.1) is 6.20 Å². The number of piperidine rings is 1. The van der Waals surface area contributed by atoms with Crippen molar-refractivity contribution in [2.45, 2.75) is 45.3 Å². The van der Waals surface area contributed by atoms with E-state index in [1.807, 2.05) is 12.3 Å². The van der Waals surface area contributed by atoms with Crippen LogP contribution in [-0.4, -0.2) is 38.8 Å². The van der Waals surface area contributed by atoms with E-state index in [9.17, 15) is 0 Å². The number of rotatable bonds is 7. The van der Waals surface area contributed by atoms with Crippen LogP contribution in [0.2, 0.25) is 0 Å². The van der Waals surface area contributed by atoms with Gasteiger partial charge in [0.2, 0.25) is 5.95 Å². The van der Waals surface area contributed by atoms with Crippen molar-refractivity contribution in [3.05, 3.63) is 71.9 Å². The largest absolute Gasteiger partial charge is 0.460 e. The molecular formula is C26H30N6O. The molecule has 1 aliphatic rings. The Hall–Kier alpha value is -3.45. The van der Waals surface area contributed by atoms with Crippen molar-refractivity contribution >= 4 is 11.6 Å². The zero-order valence-electron chi connectivity index (χ0n) is 19.2. The zero-order chi connectivity index (χ0) is 22.6. The molecule has 0 amide bonds. The molecular weight excluding hydrogens is 412 g/mol. The first kappa shape index (κ1) is 21.4. The summed E-state index contributed by atoms with van der Waals surface area (Å²) in [5.41, 5.74) is 5.46. The highest BCUT2D eigenvalue weighted by Crippen LogP contribution is 2.26. The van der Waals surface area contributed by atoms with E-state index in [0.717, 1.165) is 37.1 Å². The van der Waals surface area contributed by atoms with Gasteiger partial charge in [-0.1, -0.05) is 68.4 Å². The van der Waals surface area contributed by atoms with E-state index in [2.05, 4.69) is 78.1 Å². The second-order valence-electron chi connectivity index (χ2n) is 8.76. The van der Waals surface area contributed by atoms with E-state index in [1.54, 1.807) is 4.52 Å². The third-order valence-corrected chi connectivity index (χ3v) is 6.09. The molecule has 0 atom stereocenters. The smallest absolute Gasteiger partial charge is 0.322 e. The molecule has 5 rings (SSSR count). The first-order chi connectivity index (χ1) is 16.2. The predicted molar refractivity (Wildman–Crippen MR) is 131 cm³/mol. The predicted octanol–water partition coefficient (Wildman–Crippen LogP) is 4.66. The van der Waals surface area contributed by atoms with Crippen molar-refractivity contribution in [3.63, 3.8) is 0 Å². The van der Waals surface area contributed by atoms with Gasteiger partial charge in [-0.05, 0) is 48.5 Å². The average Bonchev–Trinajstić information content (AvgIpc) is 3.28. The van der Waals surface area contributed by atoms with Crippen LogP contribution in [0.25, 0.3) is 16.8 Å². The van der Waals surface area contributed by atoms with Gasteiger partial charge in [-0.15, -0.1) is 0 Å². The molecule has 2 aromatic heterocycles. The highest BCUT2D eigenvalue weighted by Gasteiger charge is 2.20. The number of fused-ring (bicyclic) bond motifs is 1. The van der Waals surface area contributed by atoms with Crippen molar-refractivity contribution in [3.8, 4) is 17.1 Å². The maximum Gasteiger partial charge on any atom is 0.322 e. The summed E-state index contributed by atoms with van der Waals surface area (Å²) in [6.07, 6.45) is 3.92. The summed E-state index contributed by atoms with van der Waals surface area (Å²) < 4.78 is 8.00. The van der Waals surface area contributed by atoms with E-state index >= 15 is 0 Å². The van der Waals surface area contributed by atoms with Crippen molar-refractivity contribution in [1.82, 2.24) is 24.9 Å². The molecule has 0 spiro atoms. The Labute approximate surface area is 194 Å². The van der Waals surface area contributed by atoms with E-state index in [0.29, 0.717) is 24.4 Å². The molecule has 7 nitrogen and oxygen atoms in total. The van der Waals surface area contributed by atoms with Crippen LogP contribution in [0.15, 0.2) is 60.8 Å². The lowest BCUT2D eigenvalue weighted by Crippen LogP contribution is -2.34. The molecule has 0 aliphatic carbocycles. The molecule has 0 unspecified atom stereocenters. The molecule has 0 bridgehead atoms. The van der Waals surface area contributed by atoms with Crippen LogP contribution in [0.4, 0.5) is 5.95 Å². The van der Waals surface area contributed by atoms with Crippen LogP contribution >= 0.6 is 0 Å². The Bertz CT molecular complexity index is 1210. The summed E-state index contributed by atoms with van der Waals surface area (Å²) in [5.74, 6) is 0.939. The van der Waals surface area contributed by atoms with Crippen LogP contribution in [0, 0.1) is 0 Å². The van der Waals surface area contributed by atoms with E-state index in [-0.39, 0.29) is 6.10 Å². The molecule has 1 saturated heterocycles. The number of aromatic nitrogens is 4. The lowest BCUT2D eigenvalue weighted by molar-refractivity contribution is 0.149. The van der Waals surface area contributed by atoms with E-state index in [1.165, 1.54) is 16.7 Å². The van der Waals surface area contributed by atoms with Gasteiger partial charge < -0.3 is 15.4 Å². The minimum Gasteiger partial charge on any atom is -0.460 e. The lowest BCUT2D eigenvalue weighted by Gasteiger charge is -2.23. The van der Waals surface area contributed by atoms with Gasteiger partial charge in [0.15, 0.2) is 5.65 Å². The Kier molecular flexibility index (Phi) is 6.21. The Morgan fingerprint density at radius 3 is 2.58 bits per heavy atom. The summed E-state index contributed by atoms with van der Waals surface area (Å²) in [4.78, 5) is 9.46. The van der Waals surface area contributed by atoms with Gasteiger partial charge in [-0.3, -0.25) is 0 Å². The van der Waals surface area contributed by atoms with E-state index in [4.69, 9.17) is 14.7 Å². The molecule has 4 aromatic rings. The third-order valence-electron chi connectivity index (χ3n) is 6.09. The van der Waals surface area contributed by atoms with Gasteiger partial charge in [-0.25, -0.2) is 0 Å². The highest BCUT2D eigenvalue weighted by molar-refractivity contribution is 5.67. The lowest BCUT2D eigenvalue weighted by atomic mass is 10.00. The normalized spacial score (nSPS) is 14.6. The maximum absolute atomic E-state index is 6.21. The van der Waals surface area contributed by atoms with Crippen LogP contribution in [0.5, 0.6) is 6.01 Å². The molecule has 2 aromatic carbocycles. The number of hydrogen-bond acceptors (Lipinski definition) is 6. The van der Waals surface area contributed by atoms with Crippen LogP contribution in [-0.2, 0) is 6.54 Å². The molecule has 0 radical (unpaired) electrons. The quantitative estimate of drug-likeness (QED) is 0.434. The molecule has 0 saturated carbocycles. The Morgan fingerprint density at radius 1 is 1.03 bits per heavy atom. The van der Waals surface area contributed by atoms with Crippen LogP contribution in [0.1, 0.15) is 43.7 Å². The standard InChI is InChI=1S/C26H30N6O/c1-18(2)23-17-29-32-24(23)30-26(33-21-12-14-27-15-13-21)31-25(32)28-16-20-10-6-7-11-22(20)19-8-4-3-5-9-19/h3-11,17-18,21,27H,12-16H2,1-2H3,(H,28,30,31). The number of nitrogens with one attached hydrogen (secondary N) is 2. The fourth-order valence-electron chi connectivity index (χ4n) is 4.26. The fourth-order valence-corrected chi connectivity index (χ4v) is 4.26. The molecule has 170 valence electrons. The minimum atomic E-state index is 0.130. The topological polar surface area (TPSA) is 76.4 Å². The SMILES string of the molecule is CC(C)c1cnn2c(NCc3ccccc3-c3ccccc3)nc(OC3CCNCC3)nc12. The van der Waals surface area contributed by atoms with Crippen molar-refractivity contribution in [2.75, 3.05) is 18.4 Å². The number of hydrogen-bond donors (Lipinski definition) is 2. The van der Waals surface area contributed by atoms with E-state index < -0.39 is 0 Å². The Morgan fingerprint density at radius 2 is 1.79 bits per heavy atom. The van der Waals surface area contributed by atoms with Crippen molar-refractivity contribution in [2.24, 2.45) is 0 Å². The third kappa shape index (κ3) is 4.68. The summed E-state index contributed by atoms with van der Waals surface area (Å²) in [5, 5.41) is 11.5. The molecule has 3 heterocycles. The molecule has 33 heavy (non-hydrogen) atoms. The first-order valence-corrected chi connectivity index (χ1v) is 11.7. The number of anilines is 1. The summed E-state index contributed by atoms with van der Waals surface area (Å²) in [6, 6.07) is 19.3. The minimum absolute atomic E-state index is 0.130. The second-order valence-corrected chi connectivity index (χ2v) is 8.76. The molecule has 1 aliphatic heterocycles. The second kappa shape index (κ2) is 9.58. The van der Waals surface area contributed by atoms with Crippen LogP contribution in [0.3, 0.4) is 0 Å².